The number of halogens is 6. The predicted molar refractivity (Wildman–Crippen MR) is 179 cm³/mol. The number of fused-ring (bicyclic) bond motifs is 1. The number of H-pyrrole nitrogens is 1. The number of benzene rings is 2. The van der Waals surface area contributed by atoms with Crippen molar-refractivity contribution in [3.8, 4) is 22.5 Å². The van der Waals surface area contributed by atoms with E-state index < -0.39 is 56.4 Å². The SMILES string of the molecule is CC(C)n1nccc1-c1cc2c(=O)n(CS(C)(=O)=O)c(=O)[nH]c2cc1C(F)(F)F.COC(=O)c1cc(-c2ccnn2C(C)C)c(C(F)(F)F)cc1N. The molecule has 3 aromatic heterocycles. The lowest BCUT2D eigenvalue weighted by atomic mass is 9.98. The lowest BCUT2D eigenvalue weighted by molar-refractivity contribution is -0.137. The van der Waals surface area contributed by atoms with Crippen molar-refractivity contribution in [2.75, 3.05) is 19.1 Å². The van der Waals surface area contributed by atoms with E-state index in [0.29, 0.717) is 10.6 Å². The number of carbonyl (C=O) groups excluding carboxylic acids is 1. The lowest BCUT2D eigenvalue weighted by Crippen LogP contribution is -2.37. The predicted octanol–water partition coefficient (Wildman–Crippen LogP) is 5.67. The Balaban J connectivity index is 0.000000239. The number of ether oxygens (including phenoxy) is 1. The van der Waals surface area contributed by atoms with Gasteiger partial charge in [-0.2, -0.15) is 36.5 Å². The molecule has 0 amide bonds. The summed E-state index contributed by atoms with van der Waals surface area (Å²) in [4.78, 5) is 38.7. The summed E-state index contributed by atoms with van der Waals surface area (Å²) in [5, 5.41) is 7.82. The van der Waals surface area contributed by atoms with Crippen molar-refractivity contribution in [1.29, 1.82) is 0 Å². The molecule has 0 atom stereocenters. The maximum Gasteiger partial charge on any atom is 0.417 e. The molecule has 20 heteroatoms. The van der Waals surface area contributed by atoms with Crippen LogP contribution in [0.15, 0.2) is 58.4 Å². The number of esters is 1. The number of nitrogens with one attached hydrogen (secondary N) is 1. The highest BCUT2D eigenvalue weighted by atomic mass is 32.2. The summed E-state index contributed by atoms with van der Waals surface area (Å²) in [7, 11) is -2.61. The molecule has 0 spiro atoms. The van der Waals surface area contributed by atoms with Crippen molar-refractivity contribution < 1.29 is 44.3 Å². The van der Waals surface area contributed by atoms with E-state index in [-0.39, 0.29) is 56.8 Å². The van der Waals surface area contributed by atoms with Crippen molar-refractivity contribution >= 4 is 32.4 Å². The molecule has 2 aromatic carbocycles. The maximum absolute atomic E-state index is 13.7. The van der Waals surface area contributed by atoms with Gasteiger partial charge in [-0.3, -0.25) is 14.2 Å². The second-order valence-electron chi connectivity index (χ2n) is 12.1. The van der Waals surface area contributed by atoms with Crippen LogP contribution in [0.4, 0.5) is 32.0 Å². The van der Waals surface area contributed by atoms with Gasteiger partial charge in [0.05, 0.1) is 46.1 Å². The van der Waals surface area contributed by atoms with Gasteiger partial charge >= 0.3 is 24.0 Å². The Labute approximate surface area is 291 Å². The fraction of sp³-hybridized carbons (Fsp3) is 0.344. The first-order chi connectivity index (χ1) is 24.0. The molecule has 0 bridgehead atoms. The highest BCUT2D eigenvalue weighted by Gasteiger charge is 2.37. The summed E-state index contributed by atoms with van der Waals surface area (Å²) in [5.41, 5.74) is 0.673. The van der Waals surface area contributed by atoms with Gasteiger partial charge < -0.3 is 15.5 Å². The molecule has 0 aliphatic carbocycles. The van der Waals surface area contributed by atoms with Gasteiger partial charge in [-0.1, -0.05) is 0 Å². The van der Waals surface area contributed by atoms with E-state index in [2.05, 4.69) is 19.9 Å². The van der Waals surface area contributed by atoms with Crippen LogP contribution in [0.25, 0.3) is 33.4 Å². The largest absolute Gasteiger partial charge is 0.465 e. The number of anilines is 1. The number of alkyl halides is 6. The van der Waals surface area contributed by atoms with Crippen LogP contribution in [-0.4, -0.2) is 56.9 Å². The summed E-state index contributed by atoms with van der Waals surface area (Å²) in [6.45, 7) is 7.06. The number of nitrogens with zero attached hydrogens (tertiary/aromatic N) is 5. The summed E-state index contributed by atoms with van der Waals surface area (Å²) < 4.78 is 112. The molecule has 3 heterocycles. The van der Waals surface area contributed by atoms with Crippen LogP contribution in [0.3, 0.4) is 0 Å². The van der Waals surface area contributed by atoms with Crippen molar-refractivity contribution in [2.45, 2.75) is 58.0 Å². The number of nitrogen functional groups attached to an aromatic ring is 1. The van der Waals surface area contributed by atoms with Gasteiger partial charge in [-0.05, 0) is 64.1 Å². The van der Waals surface area contributed by atoms with Crippen LogP contribution >= 0.6 is 0 Å². The molecule has 13 nitrogen and oxygen atoms in total. The first kappa shape index (κ1) is 39.4. The van der Waals surface area contributed by atoms with E-state index in [9.17, 15) is 49.1 Å². The third-order valence-electron chi connectivity index (χ3n) is 7.56. The Kier molecular flexibility index (Phi) is 10.8. The van der Waals surface area contributed by atoms with Crippen molar-refractivity contribution in [3.05, 3.63) is 86.3 Å². The van der Waals surface area contributed by atoms with Crippen LogP contribution in [0.5, 0.6) is 0 Å². The third-order valence-corrected chi connectivity index (χ3v) is 8.29. The van der Waals surface area contributed by atoms with E-state index in [1.54, 1.807) is 27.7 Å². The molecule has 3 N–H and O–H groups in total. The van der Waals surface area contributed by atoms with E-state index in [1.807, 2.05) is 0 Å². The van der Waals surface area contributed by atoms with E-state index in [4.69, 9.17) is 5.73 Å². The topological polar surface area (TPSA) is 177 Å². The first-order valence-electron chi connectivity index (χ1n) is 15.2. The minimum absolute atomic E-state index is 0.119. The summed E-state index contributed by atoms with van der Waals surface area (Å²) in [6.07, 6.45) is -5.81. The van der Waals surface area contributed by atoms with E-state index in [1.165, 1.54) is 33.9 Å². The Morgan fingerprint density at radius 2 is 1.35 bits per heavy atom. The number of rotatable bonds is 7. The van der Waals surface area contributed by atoms with Gasteiger partial charge in [0, 0.05) is 47.5 Å². The molecule has 5 rings (SSSR count). The number of carbonyl (C=O) groups is 1. The maximum atomic E-state index is 13.7. The molecule has 52 heavy (non-hydrogen) atoms. The molecule has 0 radical (unpaired) electrons. The zero-order valence-electron chi connectivity index (χ0n) is 28.4. The van der Waals surface area contributed by atoms with E-state index >= 15 is 0 Å². The minimum Gasteiger partial charge on any atom is -0.465 e. The molecule has 0 fully saturated rings. The number of nitrogens with two attached hydrogens (primary N) is 1. The van der Waals surface area contributed by atoms with Gasteiger partial charge in [0.2, 0.25) is 0 Å². The van der Waals surface area contributed by atoms with Crippen LogP contribution in [0.2, 0.25) is 0 Å². The summed E-state index contributed by atoms with van der Waals surface area (Å²) in [6, 6.07) is 5.97. The van der Waals surface area contributed by atoms with Crippen LogP contribution < -0.4 is 17.0 Å². The number of aromatic nitrogens is 6. The fourth-order valence-corrected chi connectivity index (χ4v) is 6.03. The molecule has 0 unspecified atom stereocenters. The summed E-state index contributed by atoms with van der Waals surface area (Å²) >= 11 is 0. The highest BCUT2D eigenvalue weighted by Crippen LogP contribution is 2.41. The Bertz CT molecular complexity index is 2370. The highest BCUT2D eigenvalue weighted by molar-refractivity contribution is 7.89. The van der Waals surface area contributed by atoms with E-state index in [0.717, 1.165) is 31.6 Å². The third kappa shape index (κ3) is 8.21. The molecule has 0 aliphatic rings. The minimum atomic E-state index is -4.77. The van der Waals surface area contributed by atoms with Crippen molar-refractivity contribution in [3.63, 3.8) is 0 Å². The molecule has 0 saturated heterocycles. The van der Waals surface area contributed by atoms with Gasteiger partial charge in [-0.25, -0.2) is 22.6 Å². The molecule has 5 aromatic rings. The smallest absolute Gasteiger partial charge is 0.417 e. The van der Waals surface area contributed by atoms with Crippen molar-refractivity contribution in [2.24, 2.45) is 0 Å². The van der Waals surface area contributed by atoms with Gasteiger partial charge in [0.15, 0.2) is 9.84 Å². The number of methoxy groups -OCH3 is 1. The van der Waals surface area contributed by atoms with Gasteiger partial charge in [0.25, 0.3) is 5.56 Å². The normalized spacial score (nSPS) is 12.3. The monoisotopic (exact) mass is 757 g/mol. The quantitative estimate of drug-likeness (QED) is 0.120. The Morgan fingerprint density at radius 1 is 0.865 bits per heavy atom. The zero-order valence-corrected chi connectivity index (χ0v) is 29.2. The fourth-order valence-electron chi connectivity index (χ4n) is 5.33. The number of sulfone groups is 1. The summed E-state index contributed by atoms with van der Waals surface area (Å²) in [5.74, 6) is -1.69. The number of aromatic amines is 1. The number of hydrogen-bond donors (Lipinski definition) is 2. The second-order valence-corrected chi connectivity index (χ2v) is 14.3. The average Bonchev–Trinajstić information content (AvgIpc) is 3.72. The van der Waals surface area contributed by atoms with Crippen molar-refractivity contribution in [1.82, 2.24) is 29.1 Å². The molecular formula is C32H33F6N7O6S. The van der Waals surface area contributed by atoms with Gasteiger partial charge in [-0.15, -0.1) is 0 Å². The second kappa shape index (κ2) is 14.3. The molecular weight excluding hydrogens is 724 g/mol. The Hall–Kier alpha value is -5.40. The van der Waals surface area contributed by atoms with Crippen LogP contribution in [0, 0.1) is 0 Å². The lowest BCUT2D eigenvalue weighted by Gasteiger charge is -2.18. The molecule has 0 aliphatic heterocycles. The standard InChI is InChI=1S/C17H17F3N4O4S.C15H16F3N3O2/c1-9(2)24-14(4-5-21-24)10-6-11-13(7-12(10)17(18,19)20)22-16(26)23(15(11)25)8-29(3,27)28;1-8(2)21-13(4-5-20-21)9-6-10(14(22)23-3)12(19)7-11(9)15(16,17)18/h4-7,9H,8H2,1-3H3,(H,22,26);4-8H,19H2,1-3H3. The first-order valence-corrected chi connectivity index (χ1v) is 17.2. The average molecular weight is 758 g/mol. The van der Waals surface area contributed by atoms with Gasteiger partial charge in [0.1, 0.15) is 5.88 Å². The number of hydrogen-bond acceptors (Lipinski definition) is 9. The Morgan fingerprint density at radius 3 is 1.79 bits per heavy atom. The van der Waals surface area contributed by atoms with Crippen LogP contribution in [-0.2, 0) is 32.8 Å². The zero-order chi connectivity index (χ0) is 39.1. The molecule has 280 valence electrons. The van der Waals surface area contributed by atoms with Crippen LogP contribution in [0.1, 0.15) is 61.3 Å². The molecule has 0 saturated carbocycles.